The second-order valence-electron chi connectivity index (χ2n) is 4.66. The van der Waals surface area contributed by atoms with Crippen molar-refractivity contribution >= 4 is 5.69 Å². The fourth-order valence-electron chi connectivity index (χ4n) is 1.88. The Bertz CT molecular complexity index is 488. The number of aliphatic hydroxyl groups is 1. The van der Waals surface area contributed by atoms with Crippen LogP contribution in [0.1, 0.15) is 22.7 Å². The third-order valence-corrected chi connectivity index (χ3v) is 3.05. The Balaban J connectivity index is 2.14. The van der Waals surface area contributed by atoms with Gasteiger partial charge >= 0.3 is 0 Å². The van der Waals surface area contributed by atoms with Crippen molar-refractivity contribution in [2.24, 2.45) is 0 Å². The molecule has 2 nitrogen and oxygen atoms in total. The minimum Gasteiger partial charge on any atom is -0.394 e. The molecular weight excluding hydrogens is 222 g/mol. The Morgan fingerprint density at radius 1 is 0.889 bits per heavy atom. The van der Waals surface area contributed by atoms with Crippen LogP contribution in [0.15, 0.2) is 48.5 Å². The third kappa shape index (κ3) is 3.11. The molecule has 0 saturated heterocycles. The van der Waals surface area contributed by atoms with Gasteiger partial charge in [-0.1, -0.05) is 47.5 Å². The number of anilines is 1. The summed E-state index contributed by atoms with van der Waals surface area (Å²) in [5, 5.41) is 12.8. The van der Waals surface area contributed by atoms with Gasteiger partial charge in [-0.2, -0.15) is 0 Å². The number of benzene rings is 2. The Morgan fingerprint density at radius 2 is 1.39 bits per heavy atom. The van der Waals surface area contributed by atoms with E-state index in [1.165, 1.54) is 11.1 Å². The first kappa shape index (κ1) is 12.7. The number of rotatable bonds is 4. The number of hydrogen-bond donors (Lipinski definition) is 2. The highest BCUT2D eigenvalue weighted by molar-refractivity contribution is 5.46. The smallest absolute Gasteiger partial charge is 0.0745 e. The summed E-state index contributed by atoms with van der Waals surface area (Å²) in [4.78, 5) is 0. The number of nitrogens with one attached hydrogen (secondary N) is 1. The van der Waals surface area contributed by atoms with Gasteiger partial charge in [-0.25, -0.2) is 0 Å². The normalized spacial score (nSPS) is 12.2. The second kappa shape index (κ2) is 5.69. The van der Waals surface area contributed by atoms with Gasteiger partial charge < -0.3 is 10.4 Å². The van der Waals surface area contributed by atoms with Crippen molar-refractivity contribution in [2.75, 3.05) is 11.9 Å². The number of hydrogen-bond acceptors (Lipinski definition) is 2. The van der Waals surface area contributed by atoms with E-state index in [1.54, 1.807) is 0 Å². The van der Waals surface area contributed by atoms with E-state index in [1.807, 2.05) is 12.1 Å². The van der Waals surface area contributed by atoms with Crippen LogP contribution in [0.4, 0.5) is 5.69 Å². The van der Waals surface area contributed by atoms with E-state index in [2.05, 4.69) is 55.6 Å². The molecule has 2 rings (SSSR count). The average Bonchev–Trinajstić information content (AvgIpc) is 2.39. The molecule has 0 amide bonds. The zero-order chi connectivity index (χ0) is 13.0. The average molecular weight is 241 g/mol. The molecule has 0 saturated carbocycles. The molecule has 94 valence electrons. The maximum Gasteiger partial charge on any atom is 0.0745 e. The van der Waals surface area contributed by atoms with Crippen LogP contribution in [0.5, 0.6) is 0 Å². The summed E-state index contributed by atoms with van der Waals surface area (Å²) in [6, 6.07) is 16.4. The Labute approximate surface area is 108 Å². The molecule has 0 aromatic heterocycles. The fourth-order valence-corrected chi connectivity index (χ4v) is 1.88. The summed E-state index contributed by atoms with van der Waals surface area (Å²) in [5.74, 6) is 0. The Kier molecular flexibility index (Phi) is 4.00. The van der Waals surface area contributed by atoms with Crippen molar-refractivity contribution in [3.8, 4) is 0 Å². The highest BCUT2D eigenvalue weighted by Gasteiger charge is 2.09. The maximum atomic E-state index is 9.50. The van der Waals surface area contributed by atoms with Crippen LogP contribution in [0.2, 0.25) is 0 Å². The summed E-state index contributed by atoms with van der Waals surface area (Å²) < 4.78 is 0. The van der Waals surface area contributed by atoms with Gasteiger partial charge in [0.25, 0.3) is 0 Å². The standard InChI is InChI=1S/C16H19NO/c1-12-3-7-14(8-4-12)16(11-18)17-15-9-5-13(2)6-10-15/h3-10,16-18H,11H2,1-2H3. The number of aliphatic hydroxyl groups excluding tert-OH is 1. The van der Waals surface area contributed by atoms with Gasteiger partial charge in [-0.05, 0) is 31.5 Å². The predicted octanol–water partition coefficient (Wildman–Crippen LogP) is 3.45. The van der Waals surface area contributed by atoms with Crippen molar-refractivity contribution in [3.05, 3.63) is 65.2 Å². The molecule has 0 radical (unpaired) electrons. The quantitative estimate of drug-likeness (QED) is 0.859. The monoisotopic (exact) mass is 241 g/mol. The summed E-state index contributed by atoms with van der Waals surface area (Å²) in [6.07, 6.45) is 0. The van der Waals surface area contributed by atoms with Crippen molar-refractivity contribution in [2.45, 2.75) is 19.9 Å². The molecule has 1 atom stereocenters. The summed E-state index contributed by atoms with van der Waals surface area (Å²) >= 11 is 0. The summed E-state index contributed by atoms with van der Waals surface area (Å²) in [5.41, 5.74) is 4.59. The van der Waals surface area contributed by atoms with Crippen LogP contribution in [0.3, 0.4) is 0 Å². The van der Waals surface area contributed by atoms with Gasteiger partial charge in [-0.15, -0.1) is 0 Å². The van der Waals surface area contributed by atoms with E-state index >= 15 is 0 Å². The summed E-state index contributed by atoms with van der Waals surface area (Å²) in [7, 11) is 0. The van der Waals surface area contributed by atoms with Gasteiger partial charge in [0.15, 0.2) is 0 Å². The van der Waals surface area contributed by atoms with Crippen molar-refractivity contribution < 1.29 is 5.11 Å². The molecule has 0 bridgehead atoms. The molecule has 18 heavy (non-hydrogen) atoms. The predicted molar refractivity (Wildman–Crippen MR) is 75.8 cm³/mol. The van der Waals surface area contributed by atoms with Crippen LogP contribution in [-0.2, 0) is 0 Å². The highest BCUT2D eigenvalue weighted by atomic mass is 16.3. The minimum absolute atomic E-state index is 0.0618. The molecule has 0 fully saturated rings. The lowest BCUT2D eigenvalue weighted by Crippen LogP contribution is -2.14. The molecule has 0 aliphatic heterocycles. The lowest BCUT2D eigenvalue weighted by Gasteiger charge is -2.18. The van der Waals surface area contributed by atoms with Crippen molar-refractivity contribution in [3.63, 3.8) is 0 Å². The molecule has 2 N–H and O–H groups in total. The van der Waals surface area contributed by atoms with Crippen LogP contribution >= 0.6 is 0 Å². The largest absolute Gasteiger partial charge is 0.394 e. The van der Waals surface area contributed by atoms with Crippen LogP contribution in [0.25, 0.3) is 0 Å². The lowest BCUT2D eigenvalue weighted by atomic mass is 10.1. The molecule has 0 heterocycles. The SMILES string of the molecule is Cc1ccc(NC(CO)c2ccc(C)cc2)cc1. The van der Waals surface area contributed by atoms with Gasteiger partial charge in [0, 0.05) is 5.69 Å². The minimum atomic E-state index is -0.0618. The molecule has 1 unspecified atom stereocenters. The first-order chi connectivity index (χ1) is 8.69. The zero-order valence-corrected chi connectivity index (χ0v) is 10.9. The molecule has 2 aromatic carbocycles. The van der Waals surface area contributed by atoms with Gasteiger partial charge in [0.2, 0.25) is 0 Å². The highest BCUT2D eigenvalue weighted by Crippen LogP contribution is 2.20. The lowest BCUT2D eigenvalue weighted by molar-refractivity contribution is 0.276. The van der Waals surface area contributed by atoms with E-state index in [-0.39, 0.29) is 12.6 Å². The number of aryl methyl sites for hydroxylation is 2. The molecule has 0 aliphatic rings. The van der Waals surface area contributed by atoms with E-state index in [9.17, 15) is 5.11 Å². The molecule has 0 spiro atoms. The van der Waals surface area contributed by atoms with Crippen LogP contribution in [0, 0.1) is 13.8 Å². The van der Waals surface area contributed by atoms with Crippen molar-refractivity contribution in [1.82, 2.24) is 0 Å². The van der Waals surface area contributed by atoms with Crippen LogP contribution < -0.4 is 5.32 Å². The Morgan fingerprint density at radius 3 is 1.89 bits per heavy atom. The van der Waals surface area contributed by atoms with Crippen molar-refractivity contribution in [1.29, 1.82) is 0 Å². The molecule has 2 heteroatoms. The van der Waals surface area contributed by atoms with Crippen LogP contribution in [-0.4, -0.2) is 11.7 Å². The molecule has 0 aliphatic carbocycles. The third-order valence-electron chi connectivity index (χ3n) is 3.05. The van der Waals surface area contributed by atoms with Gasteiger partial charge in [0.05, 0.1) is 12.6 Å². The van der Waals surface area contributed by atoms with E-state index < -0.39 is 0 Å². The van der Waals surface area contributed by atoms with Gasteiger partial charge in [0.1, 0.15) is 0 Å². The first-order valence-electron chi connectivity index (χ1n) is 6.19. The van der Waals surface area contributed by atoms with E-state index in [4.69, 9.17) is 0 Å². The van der Waals surface area contributed by atoms with E-state index in [0.717, 1.165) is 11.3 Å². The second-order valence-corrected chi connectivity index (χ2v) is 4.66. The topological polar surface area (TPSA) is 32.3 Å². The molecular formula is C16H19NO. The van der Waals surface area contributed by atoms with E-state index in [0.29, 0.717) is 0 Å². The fraction of sp³-hybridized carbons (Fsp3) is 0.250. The first-order valence-corrected chi connectivity index (χ1v) is 6.19. The summed E-state index contributed by atoms with van der Waals surface area (Å²) in [6.45, 7) is 4.20. The maximum absolute atomic E-state index is 9.50. The zero-order valence-electron chi connectivity index (χ0n) is 10.9. The Hall–Kier alpha value is -1.80. The molecule has 2 aromatic rings. The van der Waals surface area contributed by atoms with Gasteiger partial charge in [-0.3, -0.25) is 0 Å².